The van der Waals surface area contributed by atoms with Crippen LogP contribution >= 0.6 is 0 Å². The lowest BCUT2D eigenvalue weighted by molar-refractivity contribution is -0.132. The Kier molecular flexibility index (Phi) is 4.88. The minimum absolute atomic E-state index is 0.00290. The van der Waals surface area contributed by atoms with E-state index in [9.17, 15) is 9.59 Å². The number of pyridine rings is 1. The molecule has 0 radical (unpaired) electrons. The number of aromatic nitrogens is 1. The van der Waals surface area contributed by atoms with E-state index < -0.39 is 0 Å². The Morgan fingerprint density at radius 1 is 1.25 bits per heavy atom. The van der Waals surface area contributed by atoms with Gasteiger partial charge in [0.1, 0.15) is 0 Å². The second-order valence-electron chi connectivity index (χ2n) is 7.52. The van der Waals surface area contributed by atoms with Gasteiger partial charge in [0.15, 0.2) is 0 Å². The largest absolute Gasteiger partial charge is 0.351 e. The van der Waals surface area contributed by atoms with Crippen LogP contribution in [0.3, 0.4) is 0 Å². The van der Waals surface area contributed by atoms with Gasteiger partial charge in [-0.3, -0.25) is 14.6 Å². The molecular formula is C19H27N3O2. The first-order valence-electron chi connectivity index (χ1n) is 9.01. The fourth-order valence-electron chi connectivity index (χ4n) is 3.76. The third-order valence-electron chi connectivity index (χ3n) is 5.47. The quantitative estimate of drug-likeness (QED) is 0.927. The van der Waals surface area contributed by atoms with E-state index in [0.717, 1.165) is 37.8 Å². The summed E-state index contributed by atoms with van der Waals surface area (Å²) >= 11 is 0. The molecule has 130 valence electrons. The molecule has 2 heterocycles. The lowest BCUT2D eigenvalue weighted by atomic mass is 9.75. The van der Waals surface area contributed by atoms with Gasteiger partial charge in [0.25, 0.3) is 5.91 Å². The molecule has 0 bridgehead atoms. The number of hydrogen-bond acceptors (Lipinski definition) is 3. The number of carbonyl (C=O) groups excluding carboxylic acids is 2. The van der Waals surface area contributed by atoms with Crippen LogP contribution in [-0.2, 0) is 4.79 Å². The highest BCUT2D eigenvalue weighted by Gasteiger charge is 2.37. The van der Waals surface area contributed by atoms with Gasteiger partial charge < -0.3 is 10.2 Å². The molecule has 1 aromatic rings. The molecule has 2 amide bonds. The van der Waals surface area contributed by atoms with E-state index in [0.29, 0.717) is 18.7 Å². The summed E-state index contributed by atoms with van der Waals surface area (Å²) in [4.78, 5) is 31.2. The Morgan fingerprint density at radius 2 is 2.00 bits per heavy atom. The number of aryl methyl sites for hydroxylation is 1. The highest BCUT2D eigenvalue weighted by molar-refractivity contribution is 5.94. The number of nitrogens with zero attached hydrogens (tertiary/aromatic N) is 2. The fraction of sp³-hybridized carbons (Fsp3) is 0.632. The summed E-state index contributed by atoms with van der Waals surface area (Å²) in [5.74, 6) is 0.168. The average molecular weight is 329 g/mol. The average Bonchev–Trinajstić information content (AvgIpc) is 3.04. The fourth-order valence-corrected chi connectivity index (χ4v) is 3.76. The third kappa shape index (κ3) is 3.60. The molecule has 2 fully saturated rings. The van der Waals surface area contributed by atoms with E-state index >= 15 is 0 Å². The SMILES string of the molecule is Cc1ccc(C(=O)N2CC[C@@H](NC(=O)C3(C)CCCCC3)C2)cn1. The van der Waals surface area contributed by atoms with Crippen molar-refractivity contribution in [3.05, 3.63) is 29.6 Å². The summed E-state index contributed by atoms with van der Waals surface area (Å²) in [5.41, 5.74) is 1.29. The second-order valence-corrected chi connectivity index (χ2v) is 7.52. The molecule has 0 aromatic carbocycles. The zero-order valence-electron chi connectivity index (χ0n) is 14.7. The molecule has 1 atom stereocenters. The van der Waals surface area contributed by atoms with Gasteiger partial charge in [-0.1, -0.05) is 26.2 Å². The molecule has 1 aliphatic carbocycles. The molecule has 24 heavy (non-hydrogen) atoms. The normalized spacial score (nSPS) is 23.1. The van der Waals surface area contributed by atoms with Crippen LogP contribution in [0.25, 0.3) is 0 Å². The molecule has 1 aliphatic heterocycles. The van der Waals surface area contributed by atoms with E-state index in [1.165, 1.54) is 6.42 Å². The maximum absolute atomic E-state index is 12.6. The van der Waals surface area contributed by atoms with E-state index in [1.54, 1.807) is 6.20 Å². The summed E-state index contributed by atoms with van der Waals surface area (Å²) in [6.07, 6.45) is 7.92. The van der Waals surface area contributed by atoms with E-state index in [2.05, 4.69) is 17.2 Å². The first kappa shape index (κ1) is 16.9. The Hall–Kier alpha value is -1.91. The summed E-state index contributed by atoms with van der Waals surface area (Å²) in [7, 11) is 0. The zero-order chi connectivity index (χ0) is 17.2. The third-order valence-corrected chi connectivity index (χ3v) is 5.47. The molecule has 1 saturated heterocycles. The Balaban J connectivity index is 1.56. The Morgan fingerprint density at radius 3 is 2.67 bits per heavy atom. The van der Waals surface area contributed by atoms with Gasteiger partial charge in [-0.25, -0.2) is 0 Å². The number of rotatable bonds is 3. The predicted octanol–water partition coefficient (Wildman–Crippen LogP) is 2.69. The van der Waals surface area contributed by atoms with Crippen LogP contribution in [0.4, 0.5) is 0 Å². The molecule has 5 nitrogen and oxygen atoms in total. The van der Waals surface area contributed by atoms with E-state index in [4.69, 9.17) is 0 Å². The Bertz CT molecular complexity index is 606. The maximum Gasteiger partial charge on any atom is 0.255 e. The number of carbonyl (C=O) groups is 2. The van der Waals surface area contributed by atoms with Crippen molar-refractivity contribution in [2.24, 2.45) is 5.41 Å². The molecule has 0 unspecified atom stereocenters. The molecule has 1 N–H and O–H groups in total. The summed E-state index contributed by atoms with van der Waals surface area (Å²) < 4.78 is 0. The minimum Gasteiger partial charge on any atom is -0.351 e. The van der Waals surface area contributed by atoms with Crippen LogP contribution in [0, 0.1) is 12.3 Å². The maximum atomic E-state index is 12.6. The van der Waals surface area contributed by atoms with Gasteiger partial charge in [-0.05, 0) is 38.3 Å². The van der Waals surface area contributed by atoms with Crippen LogP contribution in [0.2, 0.25) is 0 Å². The second kappa shape index (κ2) is 6.91. The number of hydrogen-bond donors (Lipinski definition) is 1. The highest BCUT2D eigenvalue weighted by atomic mass is 16.2. The van der Waals surface area contributed by atoms with Crippen molar-refractivity contribution in [1.82, 2.24) is 15.2 Å². The van der Waals surface area contributed by atoms with Gasteiger partial charge in [0, 0.05) is 36.4 Å². The summed E-state index contributed by atoms with van der Waals surface area (Å²) in [5, 5.41) is 3.19. The minimum atomic E-state index is -0.226. The molecule has 1 saturated carbocycles. The van der Waals surface area contributed by atoms with Crippen LogP contribution in [-0.4, -0.2) is 40.8 Å². The van der Waals surface area contributed by atoms with E-state index in [-0.39, 0.29) is 23.3 Å². The van der Waals surface area contributed by atoms with Crippen molar-refractivity contribution in [1.29, 1.82) is 0 Å². The molecule has 1 aromatic heterocycles. The van der Waals surface area contributed by atoms with Crippen molar-refractivity contribution in [3.63, 3.8) is 0 Å². The standard InChI is InChI=1S/C19H27N3O2/c1-14-6-7-15(12-20-14)17(23)22-11-8-16(13-22)21-18(24)19(2)9-4-3-5-10-19/h6-7,12,16H,3-5,8-11,13H2,1-2H3,(H,21,24)/t16-/m1/s1. The molecular weight excluding hydrogens is 302 g/mol. The van der Waals surface area contributed by atoms with Crippen LogP contribution in [0.15, 0.2) is 18.3 Å². The molecule has 2 aliphatic rings. The van der Waals surface area contributed by atoms with Crippen molar-refractivity contribution in [2.45, 2.75) is 58.4 Å². The Labute approximate surface area is 143 Å². The summed E-state index contributed by atoms with van der Waals surface area (Å²) in [6.45, 7) is 5.27. The number of likely N-dealkylation sites (tertiary alicyclic amines) is 1. The van der Waals surface area contributed by atoms with Crippen molar-refractivity contribution < 1.29 is 9.59 Å². The van der Waals surface area contributed by atoms with Crippen molar-refractivity contribution in [3.8, 4) is 0 Å². The monoisotopic (exact) mass is 329 g/mol. The number of nitrogens with one attached hydrogen (secondary N) is 1. The lowest BCUT2D eigenvalue weighted by Crippen LogP contribution is -2.46. The predicted molar refractivity (Wildman–Crippen MR) is 92.6 cm³/mol. The van der Waals surface area contributed by atoms with Crippen molar-refractivity contribution >= 4 is 11.8 Å². The topological polar surface area (TPSA) is 62.3 Å². The number of amides is 2. The van der Waals surface area contributed by atoms with Crippen LogP contribution in [0.5, 0.6) is 0 Å². The van der Waals surface area contributed by atoms with E-state index in [1.807, 2.05) is 24.0 Å². The lowest BCUT2D eigenvalue weighted by Gasteiger charge is -2.33. The van der Waals surface area contributed by atoms with Gasteiger partial charge in [-0.15, -0.1) is 0 Å². The van der Waals surface area contributed by atoms with Gasteiger partial charge in [0.2, 0.25) is 5.91 Å². The first-order chi connectivity index (χ1) is 11.5. The smallest absolute Gasteiger partial charge is 0.255 e. The van der Waals surface area contributed by atoms with Gasteiger partial charge >= 0.3 is 0 Å². The zero-order valence-corrected chi connectivity index (χ0v) is 14.7. The molecule has 0 spiro atoms. The van der Waals surface area contributed by atoms with Gasteiger partial charge in [-0.2, -0.15) is 0 Å². The summed E-state index contributed by atoms with van der Waals surface area (Å²) in [6, 6.07) is 3.74. The highest BCUT2D eigenvalue weighted by Crippen LogP contribution is 2.36. The van der Waals surface area contributed by atoms with Crippen molar-refractivity contribution in [2.75, 3.05) is 13.1 Å². The molecule has 5 heteroatoms. The van der Waals surface area contributed by atoms with Crippen LogP contribution < -0.4 is 5.32 Å². The van der Waals surface area contributed by atoms with Gasteiger partial charge in [0.05, 0.1) is 5.56 Å². The first-order valence-corrected chi connectivity index (χ1v) is 9.01. The molecule has 3 rings (SSSR count). The van der Waals surface area contributed by atoms with Crippen LogP contribution in [0.1, 0.15) is 61.5 Å².